The lowest BCUT2D eigenvalue weighted by Crippen LogP contribution is -2.36. The number of carbonyl (C=O) groups excluding carboxylic acids is 1. The fraction of sp³-hybridized carbons (Fsp3) is 0.136. The van der Waals surface area contributed by atoms with Crippen LogP contribution >= 0.6 is 11.6 Å². The summed E-state index contributed by atoms with van der Waals surface area (Å²) in [4.78, 5) is 12.8. The van der Waals surface area contributed by atoms with E-state index in [0.29, 0.717) is 29.2 Å². The lowest BCUT2D eigenvalue weighted by Gasteiger charge is -2.28. The number of rotatable bonds is 4. The van der Waals surface area contributed by atoms with Crippen molar-refractivity contribution in [2.45, 2.75) is 17.9 Å². The van der Waals surface area contributed by atoms with Crippen LogP contribution < -0.4 is 5.32 Å². The number of fused-ring (bicyclic) bond motifs is 1. The first-order valence-corrected chi connectivity index (χ1v) is 11.0. The van der Waals surface area contributed by atoms with Crippen molar-refractivity contribution in [1.29, 1.82) is 0 Å². The number of amides is 1. The molecule has 0 saturated heterocycles. The van der Waals surface area contributed by atoms with E-state index < -0.39 is 10.0 Å². The molecule has 0 unspecified atom stereocenters. The molecule has 1 aliphatic rings. The highest BCUT2D eigenvalue weighted by atomic mass is 35.5. The molecule has 1 aliphatic heterocycles. The Morgan fingerprint density at radius 1 is 0.931 bits per heavy atom. The van der Waals surface area contributed by atoms with Crippen molar-refractivity contribution >= 4 is 33.2 Å². The normalized spacial score (nSPS) is 14.2. The van der Waals surface area contributed by atoms with Crippen LogP contribution in [0.15, 0.2) is 77.7 Å². The van der Waals surface area contributed by atoms with E-state index in [0.717, 1.165) is 11.1 Å². The van der Waals surface area contributed by atoms with Crippen molar-refractivity contribution in [2.75, 3.05) is 11.9 Å². The second-order valence-corrected chi connectivity index (χ2v) is 9.16. The zero-order valence-corrected chi connectivity index (χ0v) is 17.1. The fourth-order valence-corrected chi connectivity index (χ4v) is 5.06. The summed E-state index contributed by atoms with van der Waals surface area (Å²) in [7, 11) is -3.56. The van der Waals surface area contributed by atoms with Gasteiger partial charge in [-0.05, 0) is 53.9 Å². The molecule has 0 fully saturated rings. The van der Waals surface area contributed by atoms with Gasteiger partial charge in [-0.3, -0.25) is 4.79 Å². The van der Waals surface area contributed by atoms with Gasteiger partial charge in [0, 0.05) is 18.8 Å². The number of halogens is 1. The monoisotopic (exact) mass is 426 g/mol. The number of hydrogen-bond acceptors (Lipinski definition) is 3. The molecule has 0 atom stereocenters. The number of hydrogen-bond donors (Lipinski definition) is 1. The Balaban J connectivity index is 1.56. The summed E-state index contributed by atoms with van der Waals surface area (Å²) in [6, 6.07) is 20.9. The number of benzene rings is 3. The van der Waals surface area contributed by atoms with Crippen LogP contribution in [0.5, 0.6) is 0 Å². The van der Waals surface area contributed by atoms with E-state index in [2.05, 4.69) is 5.32 Å². The maximum Gasteiger partial charge on any atom is 0.257 e. The molecule has 3 aromatic rings. The predicted octanol–water partition coefficient (Wildman–Crippen LogP) is 4.34. The molecule has 1 amide bonds. The van der Waals surface area contributed by atoms with Crippen LogP contribution in [0, 0.1) is 0 Å². The summed E-state index contributed by atoms with van der Waals surface area (Å²) in [5.41, 5.74) is 2.96. The first-order valence-electron chi connectivity index (χ1n) is 9.18. The Kier molecular flexibility index (Phi) is 5.41. The second-order valence-electron chi connectivity index (χ2n) is 6.82. The minimum Gasteiger partial charge on any atom is -0.322 e. The standard InChI is InChI=1S/C22H19ClN2O3S/c23-21-9-5-4-8-20(21)22(26)24-18-11-10-16-12-13-25(15-17(16)14-18)29(27,28)19-6-2-1-3-7-19/h1-11,14H,12-13,15H2,(H,24,26). The summed E-state index contributed by atoms with van der Waals surface area (Å²) in [6.07, 6.45) is 0.625. The third-order valence-corrected chi connectivity index (χ3v) is 7.13. The Morgan fingerprint density at radius 3 is 2.41 bits per heavy atom. The van der Waals surface area contributed by atoms with Gasteiger partial charge in [-0.2, -0.15) is 4.31 Å². The SMILES string of the molecule is O=C(Nc1ccc2c(c1)CN(S(=O)(=O)c1ccccc1)CC2)c1ccccc1Cl. The third-order valence-electron chi connectivity index (χ3n) is 4.94. The van der Waals surface area contributed by atoms with Gasteiger partial charge in [-0.1, -0.05) is 48.0 Å². The highest BCUT2D eigenvalue weighted by Crippen LogP contribution is 2.27. The first kappa shape index (κ1) is 19.6. The molecule has 7 heteroatoms. The van der Waals surface area contributed by atoms with Crippen LogP contribution in [0.25, 0.3) is 0 Å². The third kappa shape index (κ3) is 4.05. The van der Waals surface area contributed by atoms with Gasteiger partial charge in [0.1, 0.15) is 0 Å². The number of sulfonamides is 1. The average Bonchev–Trinajstić information content (AvgIpc) is 2.74. The Labute approximate surface area is 175 Å². The minimum atomic E-state index is -3.56. The largest absolute Gasteiger partial charge is 0.322 e. The molecule has 0 spiro atoms. The van der Waals surface area contributed by atoms with E-state index in [9.17, 15) is 13.2 Å². The number of nitrogens with zero attached hydrogens (tertiary/aromatic N) is 1. The summed E-state index contributed by atoms with van der Waals surface area (Å²) in [6.45, 7) is 0.692. The van der Waals surface area contributed by atoms with Gasteiger partial charge in [-0.15, -0.1) is 0 Å². The summed E-state index contributed by atoms with van der Waals surface area (Å²) >= 11 is 6.09. The van der Waals surface area contributed by atoms with E-state index in [1.54, 1.807) is 54.6 Å². The quantitative estimate of drug-likeness (QED) is 0.674. The van der Waals surface area contributed by atoms with Crippen molar-refractivity contribution < 1.29 is 13.2 Å². The molecule has 1 N–H and O–H groups in total. The van der Waals surface area contributed by atoms with E-state index in [1.807, 2.05) is 18.2 Å². The zero-order valence-electron chi connectivity index (χ0n) is 15.5. The van der Waals surface area contributed by atoms with E-state index >= 15 is 0 Å². The highest BCUT2D eigenvalue weighted by Gasteiger charge is 2.28. The van der Waals surface area contributed by atoms with Gasteiger partial charge >= 0.3 is 0 Å². The molecule has 0 bridgehead atoms. The van der Waals surface area contributed by atoms with Gasteiger partial charge in [0.05, 0.1) is 15.5 Å². The lowest BCUT2D eigenvalue weighted by molar-refractivity contribution is 0.102. The molecule has 0 aromatic heterocycles. The minimum absolute atomic E-state index is 0.266. The molecule has 3 aromatic carbocycles. The number of nitrogens with one attached hydrogen (secondary N) is 1. The van der Waals surface area contributed by atoms with Crippen LogP contribution in [0.3, 0.4) is 0 Å². The molecule has 4 rings (SSSR count). The smallest absolute Gasteiger partial charge is 0.257 e. The van der Waals surface area contributed by atoms with Crippen LogP contribution in [0.1, 0.15) is 21.5 Å². The Hall–Kier alpha value is -2.67. The molecule has 29 heavy (non-hydrogen) atoms. The van der Waals surface area contributed by atoms with Crippen molar-refractivity contribution in [3.8, 4) is 0 Å². The number of carbonyl (C=O) groups is 1. The lowest BCUT2D eigenvalue weighted by atomic mass is 10.0. The molecular formula is C22H19ClN2O3S. The predicted molar refractivity (Wildman–Crippen MR) is 114 cm³/mol. The number of anilines is 1. The molecule has 0 saturated carbocycles. The van der Waals surface area contributed by atoms with Crippen molar-refractivity contribution in [3.63, 3.8) is 0 Å². The maximum atomic E-state index is 12.9. The summed E-state index contributed by atoms with van der Waals surface area (Å²) < 4.78 is 27.3. The first-order chi connectivity index (χ1) is 13.9. The van der Waals surface area contributed by atoms with Gasteiger partial charge in [0.25, 0.3) is 5.91 Å². The topological polar surface area (TPSA) is 66.5 Å². The van der Waals surface area contributed by atoms with Crippen molar-refractivity contribution in [1.82, 2.24) is 4.31 Å². The van der Waals surface area contributed by atoms with E-state index in [4.69, 9.17) is 11.6 Å². The molecule has 0 radical (unpaired) electrons. The molecule has 148 valence electrons. The Morgan fingerprint density at radius 2 is 1.66 bits per heavy atom. The van der Waals surface area contributed by atoms with E-state index in [1.165, 1.54) is 4.31 Å². The van der Waals surface area contributed by atoms with Crippen molar-refractivity contribution in [3.05, 3.63) is 94.5 Å². The van der Waals surface area contributed by atoms with Gasteiger partial charge < -0.3 is 5.32 Å². The second kappa shape index (κ2) is 7.99. The average molecular weight is 427 g/mol. The summed E-state index contributed by atoms with van der Waals surface area (Å²) in [5.74, 6) is -0.305. The van der Waals surface area contributed by atoms with Gasteiger partial charge in [0.2, 0.25) is 10.0 Å². The zero-order chi connectivity index (χ0) is 20.4. The van der Waals surface area contributed by atoms with Crippen LogP contribution in [-0.2, 0) is 23.0 Å². The summed E-state index contributed by atoms with van der Waals surface area (Å²) in [5, 5.41) is 3.22. The van der Waals surface area contributed by atoms with Crippen LogP contribution in [0.4, 0.5) is 5.69 Å². The Bertz CT molecular complexity index is 1160. The van der Waals surface area contributed by atoms with E-state index in [-0.39, 0.29) is 17.3 Å². The maximum absolute atomic E-state index is 12.9. The van der Waals surface area contributed by atoms with Crippen LogP contribution in [-0.4, -0.2) is 25.2 Å². The fourth-order valence-electron chi connectivity index (χ4n) is 3.40. The molecule has 5 nitrogen and oxygen atoms in total. The van der Waals surface area contributed by atoms with Crippen LogP contribution in [0.2, 0.25) is 5.02 Å². The molecule has 1 heterocycles. The van der Waals surface area contributed by atoms with Gasteiger partial charge in [0.15, 0.2) is 0 Å². The highest BCUT2D eigenvalue weighted by molar-refractivity contribution is 7.89. The van der Waals surface area contributed by atoms with Crippen molar-refractivity contribution in [2.24, 2.45) is 0 Å². The van der Waals surface area contributed by atoms with Gasteiger partial charge in [-0.25, -0.2) is 8.42 Å². The molecule has 0 aliphatic carbocycles. The molecular weight excluding hydrogens is 408 g/mol.